The van der Waals surface area contributed by atoms with E-state index in [0.29, 0.717) is 37.4 Å². The third-order valence-electron chi connectivity index (χ3n) is 6.00. The van der Waals surface area contributed by atoms with E-state index in [-0.39, 0.29) is 43.3 Å². The number of amides is 2. The minimum atomic E-state index is -3.51. The fraction of sp³-hybridized carbons (Fsp3) is 0.737. The number of fused-ring (bicyclic) bond motifs is 1. The zero-order chi connectivity index (χ0) is 21.2. The minimum absolute atomic E-state index is 0.122. The van der Waals surface area contributed by atoms with Crippen LogP contribution in [-0.2, 0) is 26.0 Å². The zero-order valence-corrected chi connectivity index (χ0v) is 18.1. The van der Waals surface area contributed by atoms with Gasteiger partial charge in [0.25, 0.3) is 0 Å². The van der Waals surface area contributed by atoms with Crippen molar-refractivity contribution in [3.05, 3.63) is 17.0 Å². The summed E-state index contributed by atoms with van der Waals surface area (Å²) in [5.41, 5.74) is 1.43. The lowest BCUT2D eigenvalue weighted by Gasteiger charge is -2.39. The fourth-order valence-corrected chi connectivity index (χ4v) is 5.54. The maximum Gasteiger partial charge on any atom is 0.227 e. The van der Waals surface area contributed by atoms with Crippen LogP contribution in [0.1, 0.15) is 42.7 Å². The number of nitrogens with zero attached hydrogens (tertiary/aromatic N) is 3. The lowest BCUT2D eigenvalue weighted by Crippen LogP contribution is -2.55. The Morgan fingerprint density at radius 2 is 1.93 bits per heavy atom. The van der Waals surface area contributed by atoms with Crippen molar-refractivity contribution in [1.82, 2.24) is 19.7 Å². The summed E-state index contributed by atoms with van der Waals surface area (Å²) >= 11 is 0. The van der Waals surface area contributed by atoms with Crippen molar-refractivity contribution in [2.75, 3.05) is 32.4 Å². The first kappa shape index (κ1) is 21.8. The molecule has 2 unspecified atom stereocenters. The van der Waals surface area contributed by atoms with E-state index in [1.165, 1.54) is 10.6 Å². The molecule has 1 aromatic rings. The molecule has 0 aromatic carbocycles. The van der Waals surface area contributed by atoms with E-state index in [2.05, 4.69) is 10.5 Å². The highest BCUT2D eigenvalue weighted by Gasteiger charge is 2.39. The number of nitrogens with one attached hydrogen (secondary N) is 1. The van der Waals surface area contributed by atoms with Crippen LogP contribution in [0, 0.1) is 19.8 Å². The van der Waals surface area contributed by atoms with Gasteiger partial charge in [0.1, 0.15) is 5.76 Å². The fourth-order valence-electron chi connectivity index (χ4n) is 4.38. The molecule has 0 spiro atoms. The number of aromatic nitrogens is 1. The lowest BCUT2D eigenvalue weighted by molar-refractivity contribution is -0.133. The summed E-state index contributed by atoms with van der Waals surface area (Å²) in [6.07, 6.45) is 4.50. The minimum Gasteiger partial charge on any atom is -0.361 e. The summed E-state index contributed by atoms with van der Waals surface area (Å²) in [6, 6.07) is -0.351. The van der Waals surface area contributed by atoms with Crippen LogP contribution in [-0.4, -0.2) is 73.1 Å². The number of sulfonamides is 1. The van der Waals surface area contributed by atoms with Gasteiger partial charge in [0.15, 0.2) is 0 Å². The van der Waals surface area contributed by atoms with Crippen molar-refractivity contribution in [2.24, 2.45) is 5.92 Å². The maximum atomic E-state index is 12.9. The van der Waals surface area contributed by atoms with Crippen LogP contribution in [0.5, 0.6) is 0 Å². The Balaban J connectivity index is 1.80. The second-order valence-electron chi connectivity index (χ2n) is 7.98. The molecule has 1 aliphatic carbocycles. The van der Waals surface area contributed by atoms with E-state index >= 15 is 0 Å². The third-order valence-corrected chi connectivity index (χ3v) is 7.30. The number of carbonyl (C=O) groups excluding carboxylic acids is 2. The summed E-state index contributed by atoms with van der Waals surface area (Å²) in [5, 5.41) is 6.79. The molecular formula is C19H30N4O5S. The Morgan fingerprint density at radius 3 is 2.59 bits per heavy atom. The van der Waals surface area contributed by atoms with Gasteiger partial charge in [-0.15, -0.1) is 0 Å². The maximum absolute atomic E-state index is 12.9. The van der Waals surface area contributed by atoms with Crippen molar-refractivity contribution in [2.45, 2.75) is 52.0 Å². The van der Waals surface area contributed by atoms with E-state index in [4.69, 9.17) is 4.52 Å². The van der Waals surface area contributed by atoms with Gasteiger partial charge in [0, 0.05) is 37.8 Å². The van der Waals surface area contributed by atoms with Crippen molar-refractivity contribution in [3.8, 4) is 0 Å². The molecule has 1 N–H and O–H groups in total. The van der Waals surface area contributed by atoms with E-state index in [0.717, 1.165) is 18.4 Å². The highest BCUT2D eigenvalue weighted by Crippen LogP contribution is 2.30. The summed E-state index contributed by atoms with van der Waals surface area (Å²) in [5.74, 6) is 0.0160. The molecular weight excluding hydrogens is 396 g/mol. The average Bonchev–Trinajstić information content (AvgIpc) is 2.97. The Labute approximate surface area is 171 Å². The summed E-state index contributed by atoms with van der Waals surface area (Å²) in [7, 11) is -3.51. The van der Waals surface area contributed by atoms with E-state index < -0.39 is 10.0 Å². The number of aryl methyl sites for hydroxylation is 2. The van der Waals surface area contributed by atoms with Crippen molar-refractivity contribution < 1.29 is 22.5 Å². The van der Waals surface area contributed by atoms with Gasteiger partial charge >= 0.3 is 0 Å². The molecule has 162 valence electrons. The topological polar surface area (TPSA) is 113 Å². The molecule has 2 amide bonds. The summed E-state index contributed by atoms with van der Waals surface area (Å²) < 4.78 is 31.6. The van der Waals surface area contributed by atoms with Crippen LogP contribution in [0.4, 0.5) is 0 Å². The van der Waals surface area contributed by atoms with Crippen molar-refractivity contribution in [3.63, 3.8) is 0 Å². The second kappa shape index (κ2) is 8.83. The second-order valence-corrected chi connectivity index (χ2v) is 9.92. The molecule has 1 saturated heterocycles. The molecule has 1 saturated carbocycles. The molecule has 10 heteroatoms. The van der Waals surface area contributed by atoms with Gasteiger partial charge in [-0.3, -0.25) is 9.59 Å². The standard InChI is InChI=1S/C19H30N4O5S/c1-13-16(14(2)28-21-13)12-18(24)22-9-8-20-19(25)15-6-4-5-7-17(15)23(11-10-22)29(3,26)27/h15,17H,4-12H2,1-3H3,(H,20,25). The first-order valence-corrected chi connectivity index (χ1v) is 12.0. The van der Waals surface area contributed by atoms with Crippen LogP contribution in [0.25, 0.3) is 0 Å². The van der Waals surface area contributed by atoms with Crippen LogP contribution in [0.3, 0.4) is 0 Å². The molecule has 29 heavy (non-hydrogen) atoms. The van der Waals surface area contributed by atoms with E-state index in [9.17, 15) is 18.0 Å². The SMILES string of the molecule is Cc1noc(C)c1CC(=O)N1CCNC(=O)C2CCCCC2N(S(C)(=O)=O)CC1. The van der Waals surface area contributed by atoms with Gasteiger partial charge in [-0.05, 0) is 26.7 Å². The van der Waals surface area contributed by atoms with Gasteiger partial charge in [0.2, 0.25) is 21.8 Å². The Morgan fingerprint density at radius 1 is 1.21 bits per heavy atom. The Kier molecular flexibility index (Phi) is 6.62. The molecule has 1 aliphatic heterocycles. The highest BCUT2D eigenvalue weighted by atomic mass is 32.2. The van der Waals surface area contributed by atoms with Gasteiger partial charge < -0.3 is 14.7 Å². The molecule has 9 nitrogen and oxygen atoms in total. The first-order valence-electron chi connectivity index (χ1n) is 10.1. The number of carbonyl (C=O) groups is 2. The molecule has 2 heterocycles. The van der Waals surface area contributed by atoms with Crippen LogP contribution in [0.2, 0.25) is 0 Å². The summed E-state index contributed by atoms with van der Waals surface area (Å²) in [4.78, 5) is 27.3. The van der Waals surface area contributed by atoms with Crippen LogP contribution >= 0.6 is 0 Å². The zero-order valence-electron chi connectivity index (χ0n) is 17.3. The lowest BCUT2D eigenvalue weighted by atomic mass is 9.83. The number of hydrogen-bond donors (Lipinski definition) is 1. The Hall–Kier alpha value is -1.94. The molecule has 3 rings (SSSR count). The number of hydrogen-bond acceptors (Lipinski definition) is 6. The van der Waals surface area contributed by atoms with Crippen LogP contribution < -0.4 is 5.32 Å². The quantitative estimate of drug-likeness (QED) is 0.758. The van der Waals surface area contributed by atoms with Gasteiger partial charge in [-0.1, -0.05) is 18.0 Å². The predicted molar refractivity (Wildman–Crippen MR) is 107 cm³/mol. The average molecular weight is 427 g/mol. The molecule has 0 bridgehead atoms. The third kappa shape index (κ3) is 4.98. The molecule has 0 radical (unpaired) electrons. The van der Waals surface area contributed by atoms with Gasteiger partial charge in [0.05, 0.1) is 24.3 Å². The molecule has 2 atom stereocenters. The predicted octanol–water partition coefficient (Wildman–Crippen LogP) is 0.613. The van der Waals surface area contributed by atoms with E-state index in [1.54, 1.807) is 18.7 Å². The Bertz CT molecular complexity index is 846. The normalized spacial score (nSPS) is 24.7. The monoisotopic (exact) mass is 426 g/mol. The van der Waals surface area contributed by atoms with Crippen molar-refractivity contribution in [1.29, 1.82) is 0 Å². The largest absolute Gasteiger partial charge is 0.361 e. The van der Waals surface area contributed by atoms with Gasteiger partial charge in [-0.2, -0.15) is 4.31 Å². The smallest absolute Gasteiger partial charge is 0.227 e. The highest BCUT2D eigenvalue weighted by molar-refractivity contribution is 7.88. The molecule has 2 aliphatic rings. The first-order chi connectivity index (χ1) is 13.7. The number of rotatable bonds is 3. The van der Waals surface area contributed by atoms with Crippen molar-refractivity contribution >= 4 is 21.8 Å². The summed E-state index contributed by atoms with van der Waals surface area (Å²) in [6.45, 7) is 4.73. The van der Waals surface area contributed by atoms with Crippen LogP contribution in [0.15, 0.2) is 4.52 Å². The molecule has 2 fully saturated rings. The molecule has 1 aromatic heterocycles. The van der Waals surface area contributed by atoms with E-state index in [1.807, 2.05) is 0 Å². The van der Waals surface area contributed by atoms with Gasteiger partial charge in [-0.25, -0.2) is 8.42 Å².